The largest absolute Gasteiger partial charge is 0.468 e. The van der Waals surface area contributed by atoms with Crippen molar-refractivity contribution in [2.75, 3.05) is 33.9 Å². The number of likely N-dealkylation sites (N-methyl/N-ethyl adjacent to an activating group) is 1. The first-order valence-corrected chi connectivity index (χ1v) is 5.28. The standard InChI is InChI=1S/C10H20N2O3/c1-12(8-3-5-15-6-4-8)9(7-11)10(13)14-2/h8-9H,3-7,11H2,1-2H3. The molecule has 0 amide bonds. The average molecular weight is 216 g/mol. The minimum atomic E-state index is -0.335. The molecule has 1 atom stereocenters. The van der Waals surface area contributed by atoms with Gasteiger partial charge in [-0.3, -0.25) is 9.69 Å². The smallest absolute Gasteiger partial charge is 0.324 e. The molecule has 5 nitrogen and oxygen atoms in total. The van der Waals surface area contributed by atoms with Crippen LogP contribution in [0.2, 0.25) is 0 Å². The van der Waals surface area contributed by atoms with Gasteiger partial charge in [0.25, 0.3) is 0 Å². The Balaban J connectivity index is 2.54. The number of hydrogen-bond acceptors (Lipinski definition) is 5. The average Bonchev–Trinajstić information content (AvgIpc) is 2.30. The molecule has 1 unspecified atom stereocenters. The molecule has 0 bridgehead atoms. The van der Waals surface area contributed by atoms with Crippen LogP contribution in [0.15, 0.2) is 0 Å². The molecule has 1 saturated heterocycles. The summed E-state index contributed by atoms with van der Waals surface area (Å²) in [6.45, 7) is 1.81. The number of esters is 1. The van der Waals surface area contributed by atoms with Crippen molar-refractivity contribution < 1.29 is 14.3 Å². The Morgan fingerprint density at radius 1 is 1.60 bits per heavy atom. The van der Waals surface area contributed by atoms with Crippen molar-refractivity contribution in [1.82, 2.24) is 4.90 Å². The highest BCUT2D eigenvalue weighted by atomic mass is 16.5. The third-order valence-electron chi connectivity index (χ3n) is 2.95. The van der Waals surface area contributed by atoms with E-state index < -0.39 is 0 Å². The quantitative estimate of drug-likeness (QED) is 0.648. The molecule has 1 fully saturated rings. The SMILES string of the molecule is COC(=O)C(CN)N(C)C1CCOCC1. The molecule has 5 heteroatoms. The van der Waals surface area contributed by atoms with Crippen LogP contribution in [-0.4, -0.2) is 56.9 Å². The van der Waals surface area contributed by atoms with Gasteiger partial charge >= 0.3 is 5.97 Å². The first-order chi connectivity index (χ1) is 7.20. The molecule has 0 aromatic heterocycles. The fraction of sp³-hybridized carbons (Fsp3) is 0.900. The van der Waals surface area contributed by atoms with E-state index in [-0.39, 0.29) is 12.0 Å². The van der Waals surface area contributed by atoms with E-state index in [0.717, 1.165) is 26.1 Å². The predicted molar refractivity (Wildman–Crippen MR) is 56.5 cm³/mol. The zero-order valence-corrected chi connectivity index (χ0v) is 9.44. The van der Waals surface area contributed by atoms with E-state index >= 15 is 0 Å². The number of nitrogens with zero attached hydrogens (tertiary/aromatic N) is 1. The van der Waals surface area contributed by atoms with Gasteiger partial charge in [0.15, 0.2) is 0 Å². The van der Waals surface area contributed by atoms with Gasteiger partial charge in [0.05, 0.1) is 7.11 Å². The second-order valence-electron chi connectivity index (χ2n) is 3.78. The topological polar surface area (TPSA) is 64.8 Å². The lowest BCUT2D eigenvalue weighted by Crippen LogP contribution is -2.50. The Morgan fingerprint density at radius 3 is 2.67 bits per heavy atom. The summed E-state index contributed by atoms with van der Waals surface area (Å²) >= 11 is 0. The number of carbonyl (C=O) groups excluding carboxylic acids is 1. The third-order valence-corrected chi connectivity index (χ3v) is 2.95. The van der Waals surface area contributed by atoms with Crippen molar-refractivity contribution in [1.29, 1.82) is 0 Å². The minimum absolute atomic E-state index is 0.258. The van der Waals surface area contributed by atoms with Gasteiger partial charge in [-0.2, -0.15) is 0 Å². The Kier molecular flexibility index (Phi) is 5.01. The van der Waals surface area contributed by atoms with E-state index in [4.69, 9.17) is 15.2 Å². The number of carbonyl (C=O) groups is 1. The lowest BCUT2D eigenvalue weighted by molar-refractivity contribution is -0.147. The zero-order valence-electron chi connectivity index (χ0n) is 9.44. The van der Waals surface area contributed by atoms with Crippen LogP contribution in [0.3, 0.4) is 0 Å². The molecule has 2 N–H and O–H groups in total. The predicted octanol–water partition coefficient (Wildman–Crippen LogP) is -0.402. The van der Waals surface area contributed by atoms with Crippen LogP contribution < -0.4 is 5.73 Å². The Labute approximate surface area is 90.5 Å². The fourth-order valence-corrected chi connectivity index (χ4v) is 1.91. The Bertz CT molecular complexity index is 205. The summed E-state index contributed by atoms with van der Waals surface area (Å²) in [6.07, 6.45) is 1.90. The summed E-state index contributed by atoms with van der Waals surface area (Å²) in [5.74, 6) is -0.258. The number of nitrogens with two attached hydrogens (primary N) is 1. The summed E-state index contributed by atoms with van der Waals surface area (Å²) in [6, 6.07) is 0.0319. The van der Waals surface area contributed by atoms with Crippen LogP contribution in [0, 0.1) is 0 Å². The number of rotatable bonds is 4. The lowest BCUT2D eigenvalue weighted by atomic mass is 10.1. The Morgan fingerprint density at radius 2 is 2.20 bits per heavy atom. The van der Waals surface area contributed by atoms with Crippen molar-refractivity contribution in [2.45, 2.75) is 24.9 Å². The maximum Gasteiger partial charge on any atom is 0.324 e. The van der Waals surface area contributed by atoms with E-state index in [1.165, 1.54) is 7.11 Å². The molecule has 88 valence electrons. The summed E-state index contributed by atoms with van der Waals surface area (Å²) < 4.78 is 10.00. The van der Waals surface area contributed by atoms with Crippen molar-refractivity contribution in [2.24, 2.45) is 5.73 Å². The highest BCUT2D eigenvalue weighted by molar-refractivity contribution is 5.75. The fourth-order valence-electron chi connectivity index (χ4n) is 1.91. The molecule has 0 saturated carbocycles. The van der Waals surface area contributed by atoms with Gasteiger partial charge in [0.1, 0.15) is 6.04 Å². The van der Waals surface area contributed by atoms with Gasteiger partial charge in [0, 0.05) is 25.8 Å². The van der Waals surface area contributed by atoms with Crippen molar-refractivity contribution in [3.63, 3.8) is 0 Å². The molecule has 0 aromatic carbocycles. The highest BCUT2D eigenvalue weighted by Gasteiger charge is 2.29. The van der Waals surface area contributed by atoms with Gasteiger partial charge in [-0.25, -0.2) is 0 Å². The molecule has 1 aliphatic heterocycles. The molecular formula is C10H20N2O3. The molecule has 15 heavy (non-hydrogen) atoms. The summed E-state index contributed by atoms with van der Waals surface area (Å²) in [7, 11) is 3.31. The van der Waals surface area contributed by atoms with Crippen LogP contribution in [0.1, 0.15) is 12.8 Å². The van der Waals surface area contributed by atoms with Gasteiger partial charge < -0.3 is 15.2 Å². The van der Waals surface area contributed by atoms with Gasteiger partial charge in [-0.1, -0.05) is 0 Å². The first-order valence-electron chi connectivity index (χ1n) is 5.28. The second-order valence-corrected chi connectivity index (χ2v) is 3.78. The van der Waals surface area contributed by atoms with E-state index in [1.807, 2.05) is 11.9 Å². The Hall–Kier alpha value is -0.650. The molecule has 0 radical (unpaired) electrons. The van der Waals surface area contributed by atoms with Crippen LogP contribution in [0.25, 0.3) is 0 Å². The van der Waals surface area contributed by atoms with Gasteiger partial charge in [0.2, 0.25) is 0 Å². The highest BCUT2D eigenvalue weighted by Crippen LogP contribution is 2.15. The number of hydrogen-bond donors (Lipinski definition) is 1. The molecule has 1 rings (SSSR count). The molecule has 0 aromatic rings. The monoisotopic (exact) mass is 216 g/mol. The van der Waals surface area contributed by atoms with Crippen molar-refractivity contribution in [3.8, 4) is 0 Å². The van der Waals surface area contributed by atoms with Crippen LogP contribution in [0.5, 0.6) is 0 Å². The molecular weight excluding hydrogens is 196 g/mol. The summed E-state index contributed by atoms with van der Waals surface area (Å²) in [5.41, 5.74) is 5.58. The zero-order chi connectivity index (χ0) is 11.3. The van der Waals surface area contributed by atoms with Crippen LogP contribution in [-0.2, 0) is 14.3 Å². The summed E-state index contributed by atoms with van der Waals surface area (Å²) in [5, 5.41) is 0. The molecule has 0 aliphatic carbocycles. The molecule has 0 spiro atoms. The van der Waals surface area contributed by atoms with E-state index in [0.29, 0.717) is 12.6 Å². The molecule has 1 aliphatic rings. The van der Waals surface area contributed by atoms with Crippen LogP contribution in [0.4, 0.5) is 0 Å². The van der Waals surface area contributed by atoms with Crippen LogP contribution >= 0.6 is 0 Å². The maximum atomic E-state index is 11.5. The summed E-state index contributed by atoms with van der Waals surface area (Å²) in [4.78, 5) is 13.5. The van der Waals surface area contributed by atoms with E-state index in [9.17, 15) is 4.79 Å². The maximum absolute atomic E-state index is 11.5. The number of methoxy groups -OCH3 is 1. The van der Waals surface area contributed by atoms with Crippen molar-refractivity contribution >= 4 is 5.97 Å². The van der Waals surface area contributed by atoms with Crippen molar-refractivity contribution in [3.05, 3.63) is 0 Å². The molecule has 1 heterocycles. The normalized spacial score (nSPS) is 20.3. The van der Waals surface area contributed by atoms with E-state index in [1.54, 1.807) is 0 Å². The first kappa shape index (κ1) is 12.4. The minimum Gasteiger partial charge on any atom is -0.468 e. The lowest BCUT2D eigenvalue weighted by Gasteiger charge is -2.35. The number of ether oxygens (including phenoxy) is 2. The van der Waals surface area contributed by atoms with Gasteiger partial charge in [-0.15, -0.1) is 0 Å². The second kappa shape index (κ2) is 6.05. The third kappa shape index (κ3) is 3.15. The van der Waals surface area contributed by atoms with E-state index in [2.05, 4.69) is 0 Å². The van der Waals surface area contributed by atoms with Gasteiger partial charge in [-0.05, 0) is 19.9 Å².